The molecule has 3 aromatic rings. The van der Waals surface area contributed by atoms with E-state index in [2.05, 4.69) is 10.4 Å². The van der Waals surface area contributed by atoms with Gasteiger partial charge in [0.05, 0.1) is 5.69 Å². The van der Waals surface area contributed by atoms with E-state index < -0.39 is 0 Å². The van der Waals surface area contributed by atoms with Crippen LogP contribution in [0.15, 0.2) is 66.9 Å². The molecule has 104 valence electrons. The van der Waals surface area contributed by atoms with Crippen LogP contribution in [-0.4, -0.2) is 15.7 Å². The second-order valence-corrected chi connectivity index (χ2v) is 4.80. The van der Waals surface area contributed by atoms with Gasteiger partial charge in [-0.15, -0.1) is 0 Å². The minimum atomic E-state index is -0.156. The molecule has 4 nitrogen and oxygen atoms in total. The van der Waals surface area contributed by atoms with Crippen LogP contribution < -0.4 is 5.32 Å². The first-order valence-electron chi connectivity index (χ1n) is 6.71. The lowest BCUT2D eigenvalue weighted by Gasteiger charge is -2.03. The number of hydrogen-bond donors (Lipinski definition) is 1. The molecule has 0 radical (unpaired) electrons. The van der Waals surface area contributed by atoms with Crippen molar-refractivity contribution in [2.24, 2.45) is 0 Å². The summed E-state index contributed by atoms with van der Waals surface area (Å²) in [4.78, 5) is 12.2. The molecule has 0 unspecified atom stereocenters. The Morgan fingerprint density at radius 3 is 2.62 bits per heavy atom. The van der Waals surface area contributed by atoms with Gasteiger partial charge >= 0.3 is 0 Å². The average Bonchev–Trinajstić information content (AvgIpc) is 2.97. The summed E-state index contributed by atoms with van der Waals surface area (Å²) in [5, 5.41) is 7.16. The van der Waals surface area contributed by atoms with Crippen LogP contribution in [0.25, 0.3) is 5.69 Å². The third-order valence-corrected chi connectivity index (χ3v) is 3.13. The molecule has 0 fully saturated rings. The lowest BCUT2D eigenvalue weighted by Crippen LogP contribution is -2.12. The fourth-order valence-corrected chi connectivity index (χ4v) is 2.09. The largest absolute Gasteiger partial charge is 0.305 e. The van der Waals surface area contributed by atoms with Crippen molar-refractivity contribution in [1.82, 2.24) is 9.78 Å². The summed E-state index contributed by atoms with van der Waals surface area (Å²) < 4.78 is 1.73. The Balaban J connectivity index is 1.77. The fourth-order valence-electron chi connectivity index (χ4n) is 2.09. The van der Waals surface area contributed by atoms with Gasteiger partial charge < -0.3 is 5.32 Å². The number of aryl methyl sites for hydroxylation is 1. The quantitative estimate of drug-likeness (QED) is 0.797. The van der Waals surface area contributed by atoms with Gasteiger partial charge in [0.2, 0.25) is 0 Å². The summed E-state index contributed by atoms with van der Waals surface area (Å²) in [5.41, 5.74) is 2.63. The van der Waals surface area contributed by atoms with E-state index in [-0.39, 0.29) is 5.91 Å². The summed E-state index contributed by atoms with van der Waals surface area (Å²) >= 11 is 0. The highest BCUT2D eigenvalue weighted by molar-refractivity contribution is 6.03. The molecule has 1 amide bonds. The van der Waals surface area contributed by atoms with E-state index in [1.165, 1.54) is 0 Å². The van der Waals surface area contributed by atoms with Gasteiger partial charge in [-0.1, -0.05) is 35.9 Å². The van der Waals surface area contributed by atoms with E-state index in [0.717, 1.165) is 11.3 Å². The highest BCUT2D eigenvalue weighted by atomic mass is 16.1. The zero-order valence-corrected chi connectivity index (χ0v) is 11.7. The van der Waals surface area contributed by atoms with E-state index in [1.807, 2.05) is 61.7 Å². The zero-order valence-electron chi connectivity index (χ0n) is 11.7. The van der Waals surface area contributed by atoms with Crippen molar-refractivity contribution in [3.8, 4) is 5.69 Å². The highest BCUT2D eigenvalue weighted by Gasteiger charge is 2.08. The number of anilines is 1. The van der Waals surface area contributed by atoms with Gasteiger partial charge in [-0.2, -0.15) is 5.10 Å². The number of nitrogens with zero attached hydrogens (tertiary/aromatic N) is 2. The first kappa shape index (κ1) is 13.1. The van der Waals surface area contributed by atoms with Crippen molar-refractivity contribution < 1.29 is 4.79 Å². The Morgan fingerprint density at radius 2 is 1.86 bits per heavy atom. The number of rotatable bonds is 3. The Morgan fingerprint density at radius 1 is 1.05 bits per heavy atom. The zero-order chi connectivity index (χ0) is 14.7. The lowest BCUT2D eigenvalue weighted by atomic mass is 10.1. The molecule has 4 heteroatoms. The number of benzene rings is 2. The molecule has 1 heterocycles. The van der Waals surface area contributed by atoms with E-state index in [4.69, 9.17) is 0 Å². The summed E-state index contributed by atoms with van der Waals surface area (Å²) in [6.45, 7) is 1.96. The number of hydrogen-bond acceptors (Lipinski definition) is 2. The number of carbonyl (C=O) groups is 1. The van der Waals surface area contributed by atoms with Gasteiger partial charge in [-0.3, -0.25) is 4.79 Å². The predicted molar refractivity (Wildman–Crippen MR) is 82.7 cm³/mol. The Bertz CT molecular complexity index is 762. The SMILES string of the molecule is Cc1cccc(C(=O)Nc2ccn(-c3ccccc3)n2)c1. The minimum Gasteiger partial charge on any atom is -0.305 e. The molecule has 2 aromatic carbocycles. The standard InChI is InChI=1S/C17H15N3O/c1-13-6-5-7-14(12-13)17(21)18-16-10-11-20(19-16)15-8-3-2-4-9-15/h2-12H,1H3,(H,18,19,21). The van der Waals surface area contributed by atoms with Gasteiger partial charge in [0.15, 0.2) is 5.82 Å². The van der Waals surface area contributed by atoms with Gasteiger partial charge in [-0.05, 0) is 31.2 Å². The molecule has 0 aliphatic carbocycles. The first-order valence-corrected chi connectivity index (χ1v) is 6.71. The molecule has 1 N–H and O–H groups in total. The van der Waals surface area contributed by atoms with Crippen molar-refractivity contribution in [3.05, 3.63) is 78.0 Å². The number of nitrogens with one attached hydrogen (secondary N) is 1. The molecule has 0 saturated heterocycles. The van der Waals surface area contributed by atoms with Crippen molar-refractivity contribution in [2.75, 3.05) is 5.32 Å². The third kappa shape index (κ3) is 3.00. The topological polar surface area (TPSA) is 46.9 Å². The van der Waals surface area contributed by atoms with Crippen molar-refractivity contribution >= 4 is 11.7 Å². The Hall–Kier alpha value is -2.88. The van der Waals surface area contributed by atoms with Crippen LogP contribution in [0.4, 0.5) is 5.82 Å². The molecule has 0 spiro atoms. The molecule has 21 heavy (non-hydrogen) atoms. The second-order valence-electron chi connectivity index (χ2n) is 4.80. The lowest BCUT2D eigenvalue weighted by molar-refractivity contribution is 0.102. The van der Waals surface area contributed by atoms with E-state index >= 15 is 0 Å². The maximum atomic E-state index is 12.2. The highest BCUT2D eigenvalue weighted by Crippen LogP contribution is 2.11. The summed E-state index contributed by atoms with van der Waals surface area (Å²) in [7, 11) is 0. The second kappa shape index (κ2) is 5.63. The fraction of sp³-hybridized carbons (Fsp3) is 0.0588. The van der Waals surface area contributed by atoms with Gasteiger partial charge in [-0.25, -0.2) is 4.68 Å². The van der Waals surface area contributed by atoms with Gasteiger partial charge in [0, 0.05) is 17.8 Å². The van der Waals surface area contributed by atoms with Crippen LogP contribution in [0.2, 0.25) is 0 Å². The molecule has 0 saturated carbocycles. The number of amides is 1. The smallest absolute Gasteiger partial charge is 0.256 e. The Kier molecular flexibility index (Phi) is 3.51. The van der Waals surface area contributed by atoms with Crippen LogP contribution in [0.1, 0.15) is 15.9 Å². The third-order valence-electron chi connectivity index (χ3n) is 3.13. The van der Waals surface area contributed by atoms with Crippen molar-refractivity contribution in [3.63, 3.8) is 0 Å². The maximum Gasteiger partial charge on any atom is 0.256 e. The van der Waals surface area contributed by atoms with Crippen molar-refractivity contribution in [1.29, 1.82) is 0 Å². The van der Waals surface area contributed by atoms with E-state index in [9.17, 15) is 4.79 Å². The molecule has 0 atom stereocenters. The van der Waals surface area contributed by atoms with Crippen LogP contribution in [-0.2, 0) is 0 Å². The molecule has 3 rings (SSSR count). The number of para-hydroxylation sites is 1. The monoisotopic (exact) mass is 277 g/mol. The van der Waals surface area contributed by atoms with Crippen LogP contribution in [0.3, 0.4) is 0 Å². The van der Waals surface area contributed by atoms with E-state index in [0.29, 0.717) is 11.4 Å². The molecular weight excluding hydrogens is 262 g/mol. The molecule has 0 bridgehead atoms. The van der Waals surface area contributed by atoms with Gasteiger partial charge in [0.1, 0.15) is 0 Å². The molecule has 0 aliphatic heterocycles. The summed E-state index contributed by atoms with van der Waals surface area (Å²) in [5.74, 6) is 0.377. The summed E-state index contributed by atoms with van der Waals surface area (Å²) in [6.07, 6.45) is 1.82. The average molecular weight is 277 g/mol. The van der Waals surface area contributed by atoms with Crippen LogP contribution >= 0.6 is 0 Å². The number of carbonyl (C=O) groups excluding carboxylic acids is 1. The van der Waals surface area contributed by atoms with Gasteiger partial charge in [0.25, 0.3) is 5.91 Å². The molecular formula is C17H15N3O. The number of aromatic nitrogens is 2. The van der Waals surface area contributed by atoms with Crippen molar-refractivity contribution in [2.45, 2.75) is 6.92 Å². The maximum absolute atomic E-state index is 12.2. The normalized spacial score (nSPS) is 10.3. The molecule has 1 aromatic heterocycles. The van der Waals surface area contributed by atoms with Crippen LogP contribution in [0, 0.1) is 6.92 Å². The van der Waals surface area contributed by atoms with E-state index in [1.54, 1.807) is 16.8 Å². The first-order chi connectivity index (χ1) is 10.2. The minimum absolute atomic E-state index is 0.156. The summed E-state index contributed by atoms with van der Waals surface area (Å²) in [6, 6.07) is 19.0. The predicted octanol–water partition coefficient (Wildman–Crippen LogP) is 3.43. The molecule has 0 aliphatic rings. The Labute approximate surface area is 123 Å². The van der Waals surface area contributed by atoms with Crippen LogP contribution in [0.5, 0.6) is 0 Å².